The highest BCUT2D eigenvalue weighted by atomic mass is 35.5. The largest absolute Gasteiger partial charge is 0.307 e. The van der Waals surface area contributed by atoms with Gasteiger partial charge in [-0.1, -0.05) is 30.7 Å². The lowest BCUT2D eigenvalue weighted by atomic mass is 9.95. The molecule has 2 heterocycles. The molecule has 3 rings (SSSR count). The summed E-state index contributed by atoms with van der Waals surface area (Å²) in [5.41, 5.74) is 1.33. The number of benzene rings is 1. The summed E-state index contributed by atoms with van der Waals surface area (Å²) in [5, 5.41) is 4.72. The molecule has 0 spiro atoms. The van der Waals surface area contributed by atoms with Crippen molar-refractivity contribution in [2.45, 2.75) is 63.2 Å². The first kappa shape index (κ1) is 14.4. The van der Waals surface area contributed by atoms with Crippen LogP contribution in [0.5, 0.6) is 0 Å². The molecule has 2 aliphatic rings. The lowest BCUT2D eigenvalue weighted by Crippen LogP contribution is -2.48. The van der Waals surface area contributed by atoms with E-state index in [4.69, 9.17) is 11.6 Å². The Morgan fingerprint density at radius 2 is 2.00 bits per heavy atom. The predicted molar refractivity (Wildman–Crippen MR) is 85.2 cm³/mol. The highest BCUT2D eigenvalue weighted by molar-refractivity contribution is 6.30. The van der Waals surface area contributed by atoms with Crippen LogP contribution in [0.25, 0.3) is 0 Å². The van der Waals surface area contributed by atoms with Crippen molar-refractivity contribution in [3.8, 4) is 0 Å². The lowest BCUT2D eigenvalue weighted by molar-refractivity contribution is 0.142. The van der Waals surface area contributed by atoms with Gasteiger partial charge in [-0.2, -0.15) is 0 Å². The number of fused-ring (bicyclic) bond motifs is 2. The van der Waals surface area contributed by atoms with Crippen LogP contribution in [0.15, 0.2) is 24.3 Å². The molecule has 3 atom stereocenters. The second kappa shape index (κ2) is 6.05. The molecule has 3 unspecified atom stereocenters. The van der Waals surface area contributed by atoms with E-state index in [1.54, 1.807) is 0 Å². The van der Waals surface area contributed by atoms with E-state index in [2.05, 4.69) is 42.4 Å². The van der Waals surface area contributed by atoms with Crippen LogP contribution < -0.4 is 5.32 Å². The fourth-order valence-electron chi connectivity index (χ4n) is 4.01. The molecule has 3 heteroatoms. The van der Waals surface area contributed by atoms with E-state index in [0.29, 0.717) is 12.1 Å². The number of halogens is 1. The molecular weight excluding hydrogens is 268 g/mol. The number of hydrogen-bond donors (Lipinski definition) is 1. The third kappa shape index (κ3) is 2.88. The van der Waals surface area contributed by atoms with Gasteiger partial charge in [0.05, 0.1) is 0 Å². The van der Waals surface area contributed by atoms with Crippen LogP contribution >= 0.6 is 11.6 Å². The lowest BCUT2D eigenvalue weighted by Gasteiger charge is -2.38. The molecule has 2 nitrogen and oxygen atoms in total. The average Bonchev–Trinajstić information content (AvgIpc) is 2.66. The Morgan fingerprint density at radius 3 is 2.60 bits per heavy atom. The molecule has 20 heavy (non-hydrogen) atoms. The molecule has 0 aliphatic carbocycles. The molecule has 1 aromatic rings. The van der Waals surface area contributed by atoms with Crippen molar-refractivity contribution in [3.05, 3.63) is 34.9 Å². The minimum atomic E-state index is 0.432. The van der Waals surface area contributed by atoms with Gasteiger partial charge in [0.2, 0.25) is 0 Å². The van der Waals surface area contributed by atoms with Crippen LogP contribution in [0.2, 0.25) is 5.02 Å². The van der Waals surface area contributed by atoms with E-state index in [1.165, 1.54) is 31.2 Å². The zero-order valence-electron chi connectivity index (χ0n) is 12.5. The van der Waals surface area contributed by atoms with Crippen molar-refractivity contribution >= 4 is 11.6 Å². The van der Waals surface area contributed by atoms with E-state index < -0.39 is 0 Å². The Bertz CT molecular complexity index is 448. The number of rotatable bonds is 4. The summed E-state index contributed by atoms with van der Waals surface area (Å²) in [7, 11) is 2.30. The van der Waals surface area contributed by atoms with Crippen LogP contribution in [0.4, 0.5) is 0 Å². The molecule has 1 aromatic carbocycles. The molecule has 2 aliphatic heterocycles. The summed E-state index contributed by atoms with van der Waals surface area (Å²) in [6, 6.07) is 11.0. The Kier molecular flexibility index (Phi) is 4.34. The summed E-state index contributed by atoms with van der Waals surface area (Å²) in [4.78, 5) is 2.60. The first-order chi connectivity index (χ1) is 9.67. The normalized spacial score (nSPS) is 31.4. The maximum Gasteiger partial charge on any atom is 0.0409 e. The Morgan fingerprint density at radius 1 is 1.30 bits per heavy atom. The van der Waals surface area contributed by atoms with Gasteiger partial charge in [-0.15, -0.1) is 0 Å². The molecule has 0 radical (unpaired) electrons. The first-order valence-electron chi connectivity index (χ1n) is 7.90. The van der Waals surface area contributed by atoms with Crippen LogP contribution in [0.3, 0.4) is 0 Å². The minimum absolute atomic E-state index is 0.432. The van der Waals surface area contributed by atoms with Crippen LogP contribution in [-0.4, -0.2) is 30.1 Å². The van der Waals surface area contributed by atoms with E-state index >= 15 is 0 Å². The summed E-state index contributed by atoms with van der Waals surface area (Å²) in [6.45, 7) is 2.25. The van der Waals surface area contributed by atoms with E-state index in [9.17, 15) is 0 Å². The van der Waals surface area contributed by atoms with E-state index in [1.807, 2.05) is 6.07 Å². The SMILES string of the molecule is CCC(NC1CC2CCC(C1)N2C)c1cccc(Cl)c1. The highest BCUT2D eigenvalue weighted by Gasteiger charge is 2.38. The van der Waals surface area contributed by atoms with Crippen molar-refractivity contribution < 1.29 is 0 Å². The summed E-state index contributed by atoms with van der Waals surface area (Å²) in [6.07, 6.45) is 6.47. The van der Waals surface area contributed by atoms with Gasteiger partial charge in [-0.3, -0.25) is 0 Å². The van der Waals surface area contributed by atoms with Gasteiger partial charge in [-0.05, 0) is 56.8 Å². The van der Waals surface area contributed by atoms with Gasteiger partial charge >= 0.3 is 0 Å². The van der Waals surface area contributed by atoms with Crippen molar-refractivity contribution in [3.63, 3.8) is 0 Å². The van der Waals surface area contributed by atoms with Crippen molar-refractivity contribution in [2.75, 3.05) is 7.05 Å². The molecule has 0 amide bonds. The zero-order valence-corrected chi connectivity index (χ0v) is 13.2. The van der Waals surface area contributed by atoms with Gasteiger partial charge in [0.1, 0.15) is 0 Å². The second-order valence-electron chi connectivity index (χ2n) is 6.40. The maximum absolute atomic E-state index is 6.13. The molecule has 2 fully saturated rings. The maximum atomic E-state index is 6.13. The number of nitrogens with one attached hydrogen (secondary N) is 1. The monoisotopic (exact) mass is 292 g/mol. The molecule has 110 valence electrons. The van der Waals surface area contributed by atoms with Crippen molar-refractivity contribution in [1.82, 2.24) is 10.2 Å². The van der Waals surface area contributed by atoms with Crippen molar-refractivity contribution in [1.29, 1.82) is 0 Å². The van der Waals surface area contributed by atoms with E-state index in [-0.39, 0.29) is 0 Å². The standard InChI is InChI=1S/C17H25ClN2/c1-3-17(12-5-4-6-13(18)9-12)19-14-10-15-7-8-16(11-14)20(15)2/h4-6,9,14-17,19H,3,7-8,10-11H2,1-2H3. The smallest absolute Gasteiger partial charge is 0.0409 e. The molecule has 0 saturated carbocycles. The van der Waals surface area contributed by atoms with E-state index in [0.717, 1.165) is 23.5 Å². The third-order valence-corrected chi connectivity index (χ3v) is 5.43. The van der Waals surface area contributed by atoms with Crippen LogP contribution in [-0.2, 0) is 0 Å². The molecule has 0 aromatic heterocycles. The second-order valence-corrected chi connectivity index (χ2v) is 6.84. The molecule has 1 N–H and O–H groups in total. The zero-order chi connectivity index (χ0) is 14.1. The quantitative estimate of drug-likeness (QED) is 0.902. The summed E-state index contributed by atoms with van der Waals surface area (Å²) in [5.74, 6) is 0. The highest BCUT2D eigenvalue weighted by Crippen LogP contribution is 2.35. The number of hydrogen-bond acceptors (Lipinski definition) is 2. The van der Waals surface area contributed by atoms with Crippen molar-refractivity contribution in [2.24, 2.45) is 0 Å². The van der Waals surface area contributed by atoms with Gasteiger partial charge in [-0.25, -0.2) is 0 Å². The topological polar surface area (TPSA) is 15.3 Å². The van der Waals surface area contributed by atoms with Gasteiger partial charge in [0, 0.05) is 29.2 Å². The molecular formula is C17H25ClN2. The Balaban J connectivity index is 1.67. The fraction of sp³-hybridized carbons (Fsp3) is 0.647. The molecule has 2 bridgehead atoms. The Hall–Kier alpha value is -0.570. The molecule has 2 saturated heterocycles. The number of nitrogens with zero attached hydrogens (tertiary/aromatic N) is 1. The fourth-order valence-corrected chi connectivity index (χ4v) is 4.20. The Labute approximate surface area is 127 Å². The van der Waals surface area contributed by atoms with Gasteiger partial charge in [0.25, 0.3) is 0 Å². The summed E-state index contributed by atoms with van der Waals surface area (Å²) >= 11 is 6.13. The minimum Gasteiger partial charge on any atom is -0.307 e. The van der Waals surface area contributed by atoms with Crippen LogP contribution in [0, 0.1) is 0 Å². The number of piperidine rings is 1. The third-order valence-electron chi connectivity index (χ3n) is 5.19. The van der Waals surface area contributed by atoms with Crippen LogP contribution in [0.1, 0.15) is 50.6 Å². The van der Waals surface area contributed by atoms with Gasteiger partial charge in [0.15, 0.2) is 0 Å². The predicted octanol–water partition coefficient (Wildman–Crippen LogP) is 4.01. The average molecular weight is 293 g/mol. The summed E-state index contributed by atoms with van der Waals surface area (Å²) < 4.78 is 0. The first-order valence-corrected chi connectivity index (χ1v) is 8.28. The van der Waals surface area contributed by atoms with Gasteiger partial charge < -0.3 is 10.2 Å².